The highest BCUT2D eigenvalue weighted by molar-refractivity contribution is 7.42. The zero-order valence-corrected chi connectivity index (χ0v) is 25.2. The van der Waals surface area contributed by atoms with Crippen LogP contribution < -0.4 is 0 Å². The molecule has 2 aliphatic heterocycles. The minimum absolute atomic E-state index is 0.209. The highest BCUT2D eigenvalue weighted by Gasteiger charge is 2.47. The molecule has 0 amide bonds. The van der Waals surface area contributed by atoms with Crippen LogP contribution >= 0.6 is 17.2 Å². The SMILES string of the molecule is CC1CCC(OP2OCC3(CO2)COP(OC2CCC(C)CC2C(C)(C)C)OC3)C(C(C)(C)C)C1. The smallest absolute Gasteiger partial charge is 0.311 e. The van der Waals surface area contributed by atoms with Crippen molar-refractivity contribution in [2.75, 3.05) is 26.4 Å². The van der Waals surface area contributed by atoms with E-state index in [-0.39, 0.29) is 28.5 Å². The van der Waals surface area contributed by atoms with E-state index in [1.54, 1.807) is 0 Å². The van der Waals surface area contributed by atoms with E-state index in [2.05, 4.69) is 55.4 Å². The van der Waals surface area contributed by atoms with Gasteiger partial charge in [0.1, 0.15) is 0 Å². The lowest BCUT2D eigenvalue weighted by atomic mass is 9.68. The highest BCUT2D eigenvalue weighted by atomic mass is 31.2. The highest BCUT2D eigenvalue weighted by Crippen LogP contribution is 2.57. The molecule has 2 saturated heterocycles. The van der Waals surface area contributed by atoms with Gasteiger partial charge in [0.05, 0.1) is 44.1 Å². The molecule has 0 aromatic heterocycles. The van der Waals surface area contributed by atoms with Gasteiger partial charge < -0.3 is 27.1 Å². The van der Waals surface area contributed by atoms with Crippen LogP contribution in [0.3, 0.4) is 0 Å². The monoisotopic (exact) mass is 532 g/mol. The van der Waals surface area contributed by atoms with Gasteiger partial charge in [0.2, 0.25) is 0 Å². The molecule has 6 nitrogen and oxygen atoms in total. The summed E-state index contributed by atoms with van der Waals surface area (Å²) >= 11 is 0. The second kappa shape index (κ2) is 11.4. The zero-order valence-electron chi connectivity index (χ0n) is 23.4. The summed E-state index contributed by atoms with van der Waals surface area (Å²) in [6.07, 6.45) is 7.44. The van der Waals surface area contributed by atoms with E-state index in [0.29, 0.717) is 38.3 Å². The molecule has 0 aromatic carbocycles. The topological polar surface area (TPSA) is 55.4 Å². The fraction of sp³-hybridized carbons (Fsp3) is 1.00. The Morgan fingerprint density at radius 3 is 1.26 bits per heavy atom. The van der Waals surface area contributed by atoms with Crippen molar-refractivity contribution in [1.29, 1.82) is 0 Å². The summed E-state index contributed by atoms with van der Waals surface area (Å²) in [5, 5.41) is 0. The van der Waals surface area contributed by atoms with Crippen LogP contribution in [0.4, 0.5) is 0 Å². The van der Waals surface area contributed by atoms with Gasteiger partial charge in [0.15, 0.2) is 0 Å². The maximum atomic E-state index is 6.45. The molecule has 2 heterocycles. The Balaban J connectivity index is 1.24. The lowest BCUT2D eigenvalue weighted by molar-refractivity contribution is -0.0949. The molecular formula is C27H50O6P2. The minimum Gasteiger partial charge on any atom is -0.311 e. The normalized spacial score (nSPS) is 43.9. The molecular weight excluding hydrogens is 482 g/mol. The van der Waals surface area contributed by atoms with E-state index < -0.39 is 17.2 Å². The van der Waals surface area contributed by atoms with Crippen molar-refractivity contribution >= 4 is 17.2 Å². The first-order valence-electron chi connectivity index (χ1n) is 13.8. The van der Waals surface area contributed by atoms with Crippen molar-refractivity contribution in [3.63, 3.8) is 0 Å². The van der Waals surface area contributed by atoms with Gasteiger partial charge in [-0.15, -0.1) is 0 Å². The summed E-state index contributed by atoms with van der Waals surface area (Å²) in [5.74, 6) is 2.57. The van der Waals surface area contributed by atoms with Crippen molar-refractivity contribution in [2.45, 2.75) is 106 Å². The second-order valence-electron chi connectivity index (χ2n) is 14.1. The first-order chi connectivity index (χ1) is 16.3. The predicted molar refractivity (Wildman–Crippen MR) is 142 cm³/mol. The lowest BCUT2D eigenvalue weighted by Gasteiger charge is -2.46. The van der Waals surface area contributed by atoms with Gasteiger partial charge in [-0.25, -0.2) is 0 Å². The number of hydrogen-bond donors (Lipinski definition) is 0. The van der Waals surface area contributed by atoms with E-state index in [4.69, 9.17) is 27.1 Å². The maximum absolute atomic E-state index is 6.45. The van der Waals surface area contributed by atoms with Gasteiger partial charge in [-0.05, 0) is 73.0 Å². The van der Waals surface area contributed by atoms with Crippen LogP contribution in [0.25, 0.3) is 0 Å². The van der Waals surface area contributed by atoms with Crippen molar-refractivity contribution in [2.24, 2.45) is 39.9 Å². The van der Waals surface area contributed by atoms with Crippen LogP contribution in [0.15, 0.2) is 0 Å². The summed E-state index contributed by atoms with van der Waals surface area (Å²) < 4.78 is 37.5. The van der Waals surface area contributed by atoms with Gasteiger partial charge in [0.25, 0.3) is 0 Å². The molecule has 0 bridgehead atoms. The molecule has 2 aliphatic carbocycles. The van der Waals surface area contributed by atoms with Gasteiger partial charge in [0, 0.05) is 0 Å². The van der Waals surface area contributed by atoms with Crippen molar-refractivity contribution in [3.05, 3.63) is 0 Å². The Kier molecular flexibility index (Phi) is 9.31. The number of rotatable bonds is 4. The van der Waals surface area contributed by atoms with E-state index in [0.717, 1.165) is 24.7 Å². The summed E-state index contributed by atoms with van der Waals surface area (Å²) in [7, 11) is -2.64. The first-order valence-corrected chi connectivity index (χ1v) is 16.0. The molecule has 6 atom stereocenters. The Morgan fingerprint density at radius 2 is 0.943 bits per heavy atom. The number of hydrogen-bond acceptors (Lipinski definition) is 6. The molecule has 4 aliphatic rings. The Morgan fingerprint density at radius 1 is 0.600 bits per heavy atom. The van der Waals surface area contributed by atoms with Crippen molar-refractivity contribution in [1.82, 2.24) is 0 Å². The van der Waals surface area contributed by atoms with E-state index >= 15 is 0 Å². The third-order valence-corrected chi connectivity index (χ3v) is 10.9. The fourth-order valence-corrected chi connectivity index (χ4v) is 9.06. The summed E-state index contributed by atoms with van der Waals surface area (Å²) in [6.45, 7) is 20.9. The molecule has 204 valence electrons. The Labute approximate surface area is 216 Å². The van der Waals surface area contributed by atoms with E-state index in [1.165, 1.54) is 25.7 Å². The second-order valence-corrected chi connectivity index (χ2v) is 16.5. The molecule has 6 unspecified atom stereocenters. The summed E-state index contributed by atoms with van der Waals surface area (Å²) in [6, 6.07) is 0. The van der Waals surface area contributed by atoms with Gasteiger partial charge in [-0.2, -0.15) is 0 Å². The average molecular weight is 533 g/mol. The van der Waals surface area contributed by atoms with Crippen LogP contribution in [-0.4, -0.2) is 38.6 Å². The molecule has 4 fully saturated rings. The lowest BCUT2D eigenvalue weighted by Crippen LogP contribution is -2.46. The van der Waals surface area contributed by atoms with Gasteiger partial charge in [-0.3, -0.25) is 0 Å². The van der Waals surface area contributed by atoms with Crippen LogP contribution in [-0.2, 0) is 27.1 Å². The summed E-state index contributed by atoms with van der Waals surface area (Å²) in [5.41, 5.74) is 0.173. The predicted octanol–water partition coefficient (Wildman–Crippen LogP) is 8.26. The molecule has 0 radical (unpaired) electrons. The Bertz CT molecular complexity index is 615. The van der Waals surface area contributed by atoms with Crippen molar-refractivity contribution in [3.8, 4) is 0 Å². The molecule has 8 heteroatoms. The molecule has 2 saturated carbocycles. The quantitative estimate of drug-likeness (QED) is 0.340. The third-order valence-electron chi connectivity index (χ3n) is 8.67. The maximum Gasteiger partial charge on any atom is 0.332 e. The third kappa shape index (κ3) is 7.39. The zero-order chi connectivity index (χ0) is 25.4. The van der Waals surface area contributed by atoms with Gasteiger partial charge >= 0.3 is 17.2 Å². The largest absolute Gasteiger partial charge is 0.332 e. The van der Waals surface area contributed by atoms with Crippen LogP contribution in [0, 0.1) is 39.9 Å². The Hall–Kier alpha value is 0.620. The molecule has 1 spiro atoms. The van der Waals surface area contributed by atoms with E-state index in [9.17, 15) is 0 Å². The van der Waals surface area contributed by atoms with Crippen LogP contribution in [0.1, 0.15) is 93.9 Å². The standard InChI is InChI=1S/C27H50O6P2/c1-19-9-11-23(21(13-19)25(3,4)5)32-34-28-15-27(16-29-34)17-30-35(31-18-27)33-24-12-10-20(2)14-22(24)26(6,7)8/h19-24H,9-18H2,1-8H3. The molecule has 35 heavy (non-hydrogen) atoms. The van der Waals surface area contributed by atoms with E-state index in [1.807, 2.05) is 0 Å². The summed E-state index contributed by atoms with van der Waals surface area (Å²) in [4.78, 5) is 0. The molecule has 0 aromatic rings. The van der Waals surface area contributed by atoms with Crippen molar-refractivity contribution < 1.29 is 27.1 Å². The van der Waals surface area contributed by atoms with Crippen LogP contribution in [0.2, 0.25) is 0 Å². The van der Waals surface area contributed by atoms with Crippen LogP contribution in [0.5, 0.6) is 0 Å². The minimum atomic E-state index is -1.32. The molecule has 0 N–H and O–H groups in total. The average Bonchev–Trinajstić information content (AvgIpc) is 2.78. The first kappa shape index (κ1) is 28.6. The fourth-order valence-electron chi connectivity index (χ4n) is 6.21. The van der Waals surface area contributed by atoms with Gasteiger partial charge in [-0.1, -0.05) is 55.4 Å². The molecule has 4 rings (SSSR count).